The van der Waals surface area contributed by atoms with Gasteiger partial charge in [-0.3, -0.25) is 4.79 Å². The number of carbonyl (C=O) groups is 1. The second-order valence-corrected chi connectivity index (χ2v) is 8.96. The first-order valence-corrected chi connectivity index (χ1v) is 10.9. The Labute approximate surface area is 164 Å². The van der Waals surface area contributed by atoms with E-state index in [-0.39, 0.29) is 23.8 Å². The van der Waals surface area contributed by atoms with Crippen LogP contribution in [0, 0.1) is 0 Å². The van der Waals surface area contributed by atoms with Gasteiger partial charge in [0.1, 0.15) is 0 Å². The fourth-order valence-corrected chi connectivity index (χ4v) is 3.84. The molecule has 0 radical (unpaired) electrons. The van der Waals surface area contributed by atoms with E-state index in [4.69, 9.17) is 0 Å². The molecule has 0 fully saturated rings. The molecule has 3 aromatic rings. The van der Waals surface area contributed by atoms with Gasteiger partial charge in [0, 0.05) is 48.9 Å². The zero-order valence-corrected chi connectivity index (χ0v) is 16.7. The average molecular weight is 401 g/mol. The molecule has 2 aromatic carbocycles. The van der Waals surface area contributed by atoms with Gasteiger partial charge in [-0.2, -0.15) is 0 Å². The van der Waals surface area contributed by atoms with Crippen molar-refractivity contribution in [2.45, 2.75) is 23.8 Å². The molecule has 7 heteroatoms. The highest BCUT2D eigenvalue weighted by molar-refractivity contribution is 7.90. The summed E-state index contributed by atoms with van der Waals surface area (Å²) < 4.78 is 24.9. The maximum atomic E-state index is 12.1. The third kappa shape index (κ3) is 4.61. The van der Waals surface area contributed by atoms with Crippen LogP contribution in [0.1, 0.15) is 23.7 Å². The van der Waals surface area contributed by atoms with Crippen molar-refractivity contribution in [2.75, 3.05) is 12.8 Å². The number of fused-ring (bicyclic) bond motifs is 1. The summed E-state index contributed by atoms with van der Waals surface area (Å²) in [6.45, 7) is 0.139. The summed E-state index contributed by atoms with van der Waals surface area (Å²) in [7, 11) is -1.30. The van der Waals surface area contributed by atoms with Crippen molar-refractivity contribution >= 4 is 26.6 Å². The smallest absolute Gasteiger partial charge is 0.220 e. The molecule has 0 bridgehead atoms. The number of aryl methyl sites for hydroxylation is 2. The molecule has 1 aromatic heterocycles. The highest BCUT2D eigenvalue weighted by Gasteiger charge is 2.15. The Morgan fingerprint density at radius 3 is 2.50 bits per heavy atom. The highest BCUT2D eigenvalue weighted by Crippen LogP contribution is 2.25. The van der Waals surface area contributed by atoms with Crippen LogP contribution in [-0.4, -0.2) is 36.8 Å². The molecule has 1 atom stereocenters. The molecule has 148 valence electrons. The normalized spacial score (nSPS) is 12.8. The molecule has 1 amide bonds. The quantitative estimate of drug-likeness (QED) is 0.637. The summed E-state index contributed by atoms with van der Waals surface area (Å²) in [5, 5.41) is 14.2. The van der Waals surface area contributed by atoms with Crippen molar-refractivity contribution in [3.05, 3.63) is 65.9 Å². The zero-order valence-electron chi connectivity index (χ0n) is 15.9. The number of para-hydroxylation sites is 1. The Kier molecular flexibility index (Phi) is 5.86. The van der Waals surface area contributed by atoms with Crippen molar-refractivity contribution in [3.8, 4) is 0 Å². The van der Waals surface area contributed by atoms with Gasteiger partial charge in [0.2, 0.25) is 5.91 Å². The molecule has 0 aliphatic heterocycles. The molecular formula is C21H24N2O4S. The number of amides is 1. The number of nitrogens with zero attached hydrogens (tertiary/aromatic N) is 1. The third-order valence-electron chi connectivity index (χ3n) is 4.77. The molecule has 1 heterocycles. The summed E-state index contributed by atoms with van der Waals surface area (Å²) in [5.41, 5.74) is 2.70. The minimum Gasteiger partial charge on any atom is -0.386 e. The van der Waals surface area contributed by atoms with Crippen LogP contribution in [0.3, 0.4) is 0 Å². The lowest BCUT2D eigenvalue weighted by atomic mass is 10.1. The molecule has 6 nitrogen and oxygen atoms in total. The highest BCUT2D eigenvalue weighted by atomic mass is 32.2. The second kappa shape index (κ2) is 8.16. The van der Waals surface area contributed by atoms with Gasteiger partial charge >= 0.3 is 0 Å². The van der Waals surface area contributed by atoms with E-state index < -0.39 is 15.9 Å². The van der Waals surface area contributed by atoms with Gasteiger partial charge in [-0.25, -0.2) is 8.42 Å². The second-order valence-electron chi connectivity index (χ2n) is 6.95. The summed E-state index contributed by atoms with van der Waals surface area (Å²) in [6.07, 6.45) is 3.02. The van der Waals surface area contributed by atoms with Crippen molar-refractivity contribution in [1.29, 1.82) is 0 Å². The van der Waals surface area contributed by atoms with E-state index in [0.29, 0.717) is 6.42 Å². The number of hydrogen-bond acceptors (Lipinski definition) is 4. The first-order chi connectivity index (χ1) is 13.3. The van der Waals surface area contributed by atoms with Crippen molar-refractivity contribution < 1.29 is 18.3 Å². The molecule has 0 unspecified atom stereocenters. The summed E-state index contributed by atoms with van der Waals surface area (Å²) in [4.78, 5) is 12.4. The van der Waals surface area contributed by atoms with Crippen LogP contribution >= 0.6 is 0 Å². The predicted octanol–water partition coefficient (Wildman–Crippen LogP) is 2.36. The number of rotatable bonds is 7. The molecule has 0 saturated heterocycles. The number of aromatic nitrogens is 1. The van der Waals surface area contributed by atoms with Gasteiger partial charge < -0.3 is 15.0 Å². The van der Waals surface area contributed by atoms with Gasteiger partial charge in [-0.15, -0.1) is 0 Å². The Hall–Kier alpha value is -2.64. The van der Waals surface area contributed by atoms with E-state index in [2.05, 4.69) is 5.32 Å². The van der Waals surface area contributed by atoms with Crippen molar-refractivity contribution in [2.24, 2.45) is 7.05 Å². The zero-order chi connectivity index (χ0) is 20.3. The number of aliphatic hydroxyl groups excluding tert-OH is 1. The molecular weight excluding hydrogens is 376 g/mol. The number of benzene rings is 2. The fourth-order valence-electron chi connectivity index (χ4n) is 3.21. The lowest BCUT2D eigenvalue weighted by Gasteiger charge is -2.11. The SMILES string of the molecule is Cn1cc([C@@H](O)CNC(=O)CCc2ccc(S(C)(=O)=O)cc2)c2ccccc21. The summed E-state index contributed by atoms with van der Waals surface area (Å²) in [5.74, 6) is -0.161. The van der Waals surface area contributed by atoms with E-state index in [1.165, 1.54) is 0 Å². The molecule has 3 rings (SSSR count). The van der Waals surface area contributed by atoms with Gasteiger partial charge in [0.15, 0.2) is 9.84 Å². The largest absolute Gasteiger partial charge is 0.386 e. The first kappa shape index (κ1) is 20.1. The van der Waals surface area contributed by atoms with Crippen LogP contribution < -0.4 is 5.32 Å². The Morgan fingerprint density at radius 2 is 1.82 bits per heavy atom. The van der Waals surface area contributed by atoms with Crippen LogP contribution in [0.4, 0.5) is 0 Å². The Morgan fingerprint density at radius 1 is 1.14 bits per heavy atom. The maximum absolute atomic E-state index is 12.1. The Balaban J connectivity index is 1.54. The van der Waals surface area contributed by atoms with Crippen molar-refractivity contribution in [1.82, 2.24) is 9.88 Å². The van der Waals surface area contributed by atoms with Crippen LogP contribution in [0.2, 0.25) is 0 Å². The van der Waals surface area contributed by atoms with Crippen LogP contribution in [0.5, 0.6) is 0 Å². The molecule has 28 heavy (non-hydrogen) atoms. The van der Waals surface area contributed by atoms with Gasteiger partial charge in [0.05, 0.1) is 11.0 Å². The van der Waals surface area contributed by atoms with E-state index in [9.17, 15) is 18.3 Å². The fraction of sp³-hybridized carbons (Fsp3) is 0.286. The van der Waals surface area contributed by atoms with Gasteiger partial charge in [-0.1, -0.05) is 30.3 Å². The number of nitrogens with one attached hydrogen (secondary N) is 1. The maximum Gasteiger partial charge on any atom is 0.220 e. The molecule has 0 spiro atoms. The molecule has 0 aliphatic rings. The average Bonchev–Trinajstić information content (AvgIpc) is 3.01. The van der Waals surface area contributed by atoms with Crippen molar-refractivity contribution in [3.63, 3.8) is 0 Å². The molecule has 0 saturated carbocycles. The van der Waals surface area contributed by atoms with Gasteiger partial charge in [-0.05, 0) is 30.2 Å². The molecule has 0 aliphatic carbocycles. The number of aliphatic hydroxyl groups is 1. The monoisotopic (exact) mass is 400 g/mol. The third-order valence-corrected chi connectivity index (χ3v) is 5.90. The van der Waals surface area contributed by atoms with Crippen LogP contribution in [0.15, 0.2) is 59.6 Å². The Bertz CT molecular complexity index is 1090. The molecule has 2 N–H and O–H groups in total. The number of hydrogen-bond donors (Lipinski definition) is 2. The summed E-state index contributed by atoms with van der Waals surface area (Å²) >= 11 is 0. The number of carbonyl (C=O) groups excluding carboxylic acids is 1. The standard InChI is InChI=1S/C21H24N2O4S/c1-23-14-18(17-5-3-4-6-19(17)23)20(24)13-22-21(25)12-9-15-7-10-16(11-8-15)28(2,26)27/h3-8,10-11,14,20,24H,9,12-13H2,1-2H3,(H,22,25)/t20-/m0/s1. The summed E-state index contributed by atoms with van der Waals surface area (Å²) in [6, 6.07) is 14.3. The van der Waals surface area contributed by atoms with Gasteiger partial charge in [0.25, 0.3) is 0 Å². The number of sulfone groups is 1. The van der Waals surface area contributed by atoms with E-state index in [1.54, 1.807) is 24.3 Å². The first-order valence-electron chi connectivity index (χ1n) is 9.03. The minimum atomic E-state index is -3.22. The van der Waals surface area contributed by atoms with E-state index >= 15 is 0 Å². The van der Waals surface area contributed by atoms with Crippen LogP contribution in [-0.2, 0) is 28.1 Å². The van der Waals surface area contributed by atoms with E-state index in [1.807, 2.05) is 42.1 Å². The lowest BCUT2D eigenvalue weighted by molar-refractivity contribution is -0.121. The van der Waals surface area contributed by atoms with E-state index in [0.717, 1.165) is 28.3 Å². The topological polar surface area (TPSA) is 88.4 Å². The minimum absolute atomic E-state index is 0.139. The van der Waals surface area contributed by atoms with Crippen LogP contribution in [0.25, 0.3) is 10.9 Å². The lowest BCUT2D eigenvalue weighted by Crippen LogP contribution is -2.28. The predicted molar refractivity (Wildman–Crippen MR) is 109 cm³/mol.